The Morgan fingerprint density at radius 1 is 1.06 bits per heavy atom. The molecule has 0 saturated carbocycles. The number of halogens is 1. The van der Waals surface area contributed by atoms with Gasteiger partial charge < -0.3 is 4.90 Å². The maximum Gasteiger partial charge on any atom is 0.337 e. The van der Waals surface area contributed by atoms with Gasteiger partial charge in [-0.1, -0.05) is 41.9 Å². The number of benzene rings is 2. The van der Waals surface area contributed by atoms with Crippen LogP contribution in [0.5, 0.6) is 0 Å². The van der Waals surface area contributed by atoms with Gasteiger partial charge in [0, 0.05) is 23.0 Å². The molecule has 34 heavy (non-hydrogen) atoms. The highest BCUT2D eigenvalue weighted by atomic mass is 35.5. The number of aryl methyl sites for hydroxylation is 2. The zero-order chi connectivity index (χ0) is 23.8. The van der Waals surface area contributed by atoms with Gasteiger partial charge in [0.2, 0.25) is 5.91 Å². The summed E-state index contributed by atoms with van der Waals surface area (Å²) in [4.78, 5) is 44.0. The highest BCUT2D eigenvalue weighted by Crippen LogP contribution is 2.35. The van der Waals surface area contributed by atoms with Gasteiger partial charge in [0.1, 0.15) is 11.4 Å². The zero-order valence-corrected chi connectivity index (χ0v) is 20.4. The fourth-order valence-corrected chi connectivity index (χ4v) is 6.08. The molecule has 0 aliphatic heterocycles. The molecule has 1 amide bonds. The molecule has 0 saturated heterocycles. The summed E-state index contributed by atoms with van der Waals surface area (Å²) in [6, 6.07) is 16.4. The second-order valence-electron chi connectivity index (χ2n) is 8.42. The van der Waals surface area contributed by atoms with Crippen molar-refractivity contribution >= 4 is 39.1 Å². The molecule has 0 atom stereocenters. The van der Waals surface area contributed by atoms with Crippen LogP contribution in [0, 0.1) is 0 Å². The van der Waals surface area contributed by atoms with Gasteiger partial charge in [-0.15, -0.1) is 11.3 Å². The summed E-state index contributed by atoms with van der Waals surface area (Å²) in [6.45, 7) is 2.78. The Labute approximate surface area is 205 Å². The molecule has 5 rings (SSSR count). The molecule has 0 unspecified atom stereocenters. The molecule has 174 valence electrons. The van der Waals surface area contributed by atoms with Crippen LogP contribution in [-0.2, 0) is 30.7 Å². The first-order valence-electron chi connectivity index (χ1n) is 11.4. The Bertz CT molecular complexity index is 1490. The second kappa shape index (κ2) is 9.24. The van der Waals surface area contributed by atoms with E-state index in [0.717, 1.165) is 35.3 Å². The molecule has 0 radical (unpaired) electrons. The van der Waals surface area contributed by atoms with Crippen LogP contribution < -0.4 is 11.2 Å². The van der Waals surface area contributed by atoms with Crippen LogP contribution in [0.1, 0.15) is 29.3 Å². The first kappa shape index (κ1) is 22.6. The molecular weight excluding hydrogens is 470 g/mol. The van der Waals surface area contributed by atoms with E-state index in [4.69, 9.17) is 11.6 Å². The van der Waals surface area contributed by atoms with E-state index in [1.54, 1.807) is 29.2 Å². The van der Waals surface area contributed by atoms with Crippen molar-refractivity contribution in [3.63, 3.8) is 0 Å². The number of hydrogen-bond acceptors (Lipinski definition) is 4. The highest BCUT2D eigenvalue weighted by molar-refractivity contribution is 7.19. The Kier molecular flexibility index (Phi) is 6.15. The van der Waals surface area contributed by atoms with Gasteiger partial charge in [-0.05, 0) is 61.6 Å². The van der Waals surface area contributed by atoms with Crippen LogP contribution >= 0.6 is 22.9 Å². The summed E-state index contributed by atoms with van der Waals surface area (Å²) in [6.07, 6.45) is 2.70. The van der Waals surface area contributed by atoms with Crippen LogP contribution in [-0.4, -0.2) is 26.5 Å². The minimum atomic E-state index is -0.510. The van der Waals surface area contributed by atoms with E-state index in [9.17, 15) is 14.4 Å². The molecular formula is C26H24ClN3O3S. The van der Waals surface area contributed by atoms with E-state index < -0.39 is 5.69 Å². The molecule has 1 aliphatic carbocycles. The quantitative estimate of drug-likeness (QED) is 0.400. The van der Waals surface area contributed by atoms with E-state index in [1.807, 2.05) is 37.3 Å². The van der Waals surface area contributed by atoms with Gasteiger partial charge in [-0.3, -0.25) is 14.2 Å². The van der Waals surface area contributed by atoms with Crippen LogP contribution in [0.3, 0.4) is 0 Å². The number of hydrogen-bond donors (Lipinski definition) is 0. The largest absolute Gasteiger partial charge is 0.337 e. The second-order valence-corrected chi connectivity index (χ2v) is 9.94. The van der Waals surface area contributed by atoms with Crippen LogP contribution in [0.25, 0.3) is 15.9 Å². The molecule has 0 spiro atoms. The molecule has 6 nitrogen and oxygen atoms in total. The Morgan fingerprint density at radius 3 is 2.50 bits per heavy atom. The zero-order valence-electron chi connectivity index (χ0n) is 18.8. The maximum atomic E-state index is 13.6. The van der Waals surface area contributed by atoms with Gasteiger partial charge in [-0.25, -0.2) is 9.36 Å². The van der Waals surface area contributed by atoms with E-state index in [0.29, 0.717) is 34.0 Å². The SMILES string of the molecule is CCN(Cc1ccccc1)C(=O)Cn1c(=O)n(-c2ccc(Cl)cc2)c(=O)c2c3c(sc21)CCC3. The minimum absolute atomic E-state index is 0.122. The first-order chi connectivity index (χ1) is 16.5. The first-order valence-corrected chi connectivity index (χ1v) is 12.5. The number of thiophene rings is 1. The predicted molar refractivity (Wildman–Crippen MR) is 136 cm³/mol. The third kappa shape index (κ3) is 3.99. The smallest absolute Gasteiger partial charge is 0.337 e. The predicted octanol–water partition coefficient (Wildman–Crippen LogP) is 4.40. The third-order valence-corrected chi connectivity index (χ3v) is 7.88. The molecule has 0 bridgehead atoms. The van der Waals surface area contributed by atoms with Crippen LogP contribution in [0.15, 0.2) is 64.2 Å². The lowest BCUT2D eigenvalue weighted by atomic mass is 10.2. The summed E-state index contributed by atoms with van der Waals surface area (Å²) in [5.41, 5.74) is 1.64. The molecule has 2 heterocycles. The lowest BCUT2D eigenvalue weighted by Crippen LogP contribution is -2.42. The number of nitrogens with zero attached hydrogens (tertiary/aromatic N) is 3. The van der Waals surface area contributed by atoms with Crippen molar-refractivity contribution in [3.05, 3.63) is 96.5 Å². The summed E-state index contributed by atoms with van der Waals surface area (Å²) < 4.78 is 2.65. The third-order valence-electron chi connectivity index (χ3n) is 6.32. The van der Waals surface area contributed by atoms with E-state index >= 15 is 0 Å². The number of carbonyl (C=O) groups excluding carboxylic acids is 1. The number of aromatic nitrogens is 2. The highest BCUT2D eigenvalue weighted by Gasteiger charge is 2.26. The molecule has 8 heteroatoms. The molecule has 4 aromatic rings. The number of likely N-dealkylation sites (N-methyl/N-ethyl adjacent to an activating group) is 1. The average molecular weight is 494 g/mol. The van der Waals surface area contributed by atoms with Gasteiger partial charge in [0.25, 0.3) is 5.56 Å². The summed E-state index contributed by atoms with van der Waals surface area (Å²) in [7, 11) is 0. The maximum absolute atomic E-state index is 13.6. The van der Waals surface area contributed by atoms with Gasteiger partial charge in [-0.2, -0.15) is 0 Å². The van der Waals surface area contributed by atoms with Crippen molar-refractivity contribution in [2.45, 2.75) is 39.3 Å². The normalized spacial score (nSPS) is 12.8. The van der Waals surface area contributed by atoms with E-state index in [2.05, 4.69) is 0 Å². The number of carbonyl (C=O) groups is 1. The molecule has 0 N–H and O–H groups in total. The van der Waals surface area contributed by atoms with Crippen molar-refractivity contribution in [1.82, 2.24) is 14.0 Å². The van der Waals surface area contributed by atoms with Crippen molar-refractivity contribution in [3.8, 4) is 5.69 Å². The summed E-state index contributed by atoms with van der Waals surface area (Å²) >= 11 is 7.50. The number of fused-ring (bicyclic) bond motifs is 3. The summed E-state index contributed by atoms with van der Waals surface area (Å²) in [5.74, 6) is -0.162. The topological polar surface area (TPSA) is 64.3 Å². The Balaban J connectivity index is 1.63. The minimum Gasteiger partial charge on any atom is -0.337 e. The van der Waals surface area contributed by atoms with Gasteiger partial charge >= 0.3 is 5.69 Å². The standard InChI is InChI=1S/C26H24ClN3O3S/c1-2-28(15-17-7-4-3-5-8-17)22(31)16-29-25-23(20-9-6-10-21(20)34-25)24(32)30(26(29)33)19-13-11-18(27)12-14-19/h3-5,7-8,11-14H,2,6,9-10,15-16H2,1H3. The monoisotopic (exact) mass is 493 g/mol. The van der Waals surface area contributed by atoms with E-state index in [-0.39, 0.29) is 18.0 Å². The van der Waals surface area contributed by atoms with Crippen molar-refractivity contribution in [2.24, 2.45) is 0 Å². The molecule has 2 aromatic carbocycles. The fraction of sp³-hybridized carbons (Fsp3) is 0.269. The lowest BCUT2D eigenvalue weighted by Gasteiger charge is -2.22. The molecule has 2 aromatic heterocycles. The van der Waals surface area contributed by atoms with Crippen molar-refractivity contribution in [2.75, 3.05) is 6.54 Å². The Morgan fingerprint density at radius 2 is 1.79 bits per heavy atom. The van der Waals surface area contributed by atoms with Gasteiger partial charge in [0.15, 0.2) is 0 Å². The molecule has 0 fully saturated rings. The van der Waals surface area contributed by atoms with Crippen molar-refractivity contribution in [1.29, 1.82) is 0 Å². The van der Waals surface area contributed by atoms with Crippen LogP contribution in [0.4, 0.5) is 0 Å². The fourth-order valence-electron chi connectivity index (χ4n) is 4.58. The average Bonchev–Trinajstić information content (AvgIpc) is 3.43. The number of rotatable bonds is 6. The van der Waals surface area contributed by atoms with Crippen LogP contribution in [0.2, 0.25) is 5.02 Å². The Hall–Kier alpha value is -3.16. The van der Waals surface area contributed by atoms with E-state index in [1.165, 1.54) is 20.5 Å². The number of amides is 1. The molecule has 1 aliphatic rings. The van der Waals surface area contributed by atoms with Gasteiger partial charge in [0.05, 0.1) is 11.1 Å². The van der Waals surface area contributed by atoms with Crippen molar-refractivity contribution < 1.29 is 4.79 Å². The summed E-state index contributed by atoms with van der Waals surface area (Å²) in [5, 5.41) is 1.08. The lowest BCUT2D eigenvalue weighted by molar-refractivity contribution is -0.132.